The van der Waals surface area contributed by atoms with Gasteiger partial charge in [-0.25, -0.2) is 8.42 Å². The van der Waals surface area contributed by atoms with E-state index in [9.17, 15) is 22.0 Å². The van der Waals surface area contributed by atoms with Gasteiger partial charge in [-0.2, -0.15) is 8.78 Å². The van der Waals surface area contributed by atoms with Crippen molar-refractivity contribution < 1.29 is 27.1 Å². The Labute approximate surface area is 114 Å². The largest absolute Gasteiger partial charge is 0.481 e. The maximum absolute atomic E-state index is 12.6. The van der Waals surface area contributed by atoms with E-state index in [1.165, 1.54) is 12.1 Å². The van der Waals surface area contributed by atoms with Crippen LogP contribution >= 0.6 is 0 Å². The van der Waals surface area contributed by atoms with Crippen LogP contribution in [0.4, 0.5) is 14.5 Å². The summed E-state index contributed by atoms with van der Waals surface area (Å²) in [4.78, 5) is 11.7. The first-order valence-corrected chi connectivity index (χ1v) is 7.45. The molecule has 0 aromatic heterocycles. The number of hydrogen-bond acceptors (Lipinski definition) is 4. The van der Waals surface area contributed by atoms with Crippen molar-refractivity contribution in [3.05, 3.63) is 24.3 Å². The summed E-state index contributed by atoms with van der Waals surface area (Å²) in [6.45, 7) is 0.699. The molecule has 0 bridgehead atoms. The number of para-hydroxylation sites is 1. The van der Waals surface area contributed by atoms with Gasteiger partial charge in [-0.15, -0.1) is 0 Å². The lowest BCUT2D eigenvalue weighted by Crippen LogP contribution is -2.48. The number of carboxylic acid groups (broad SMARTS) is 1. The maximum atomic E-state index is 12.6. The predicted molar refractivity (Wildman–Crippen MR) is 67.6 cm³/mol. The molecule has 1 fully saturated rings. The third-order valence-electron chi connectivity index (χ3n) is 3.17. The standard InChI is InChI=1S/C12H13F2NO4S/c13-12(14)20(18,19)10-4-2-1-3-9(10)15-6-8(7-15)5-11(16)17/h1-4,8,12H,5-7H2,(H,16,17). The fraction of sp³-hybridized carbons (Fsp3) is 0.417. The summed E-state index contributed by atoms with van der Waals surface area (Å²) in [5, 5.41) is 8.65. The van der Waals surface area contributed by atoms with Gasteiger partial charge in [-0.3, -0.25) is 4.79 Å². The van der Waals surface area contributed by atoms with Crippen molar-refractivity contribution in [2.24, 2.45) is 5.92 Å². The number of halogens is 2. The van der Waals surface area contributed by atoms with Gasteiger partial charge in [0, 0.05) is 19.0 Å². The lowest BCUT2D eigenvalue weighted by molar-refractivity contribution is -0.138. The second-order valence-electron chi connectivity index (χ2n) is 4.64. The van der Waals surface area contributed by atoms with E-state index < -0.39 is 26.5 Å². The number of carboxylic acids is 1. The Balaban J connectivity index is 2.21. The minimum absolute atomic E-state index is 0.0136. The fourth-order valence-electron chi connectivity index (χ4n) is 2.20. The first kappa shape index (κ1) is 14.7. The van der Waals surface area contributed by atoms with Crippen LogP contribution in [0.5, 0.6) is 0 Å². The Morgan fingerprint density at radius 1 is 1.35 bits per heavy atom. The highest BCUT2D eigenvalue weighted by Gasteiger charge is 2.35. The lowest BCUT2D eigenvalue weighted by atomic mass is 9.96. The van der Waals surface area contributed by atoms with E-state index in [2.05, 4.69) is 0 Å². The molecule has 1 heterocycles. The van der Waals surface area contributed by atoms with Gasteiger partial charge >= 0.3 is 11.7 Å². The average molecular weight is 305 g/mol. The summed E-state index contributed by atoms with van der Waals surface area (Å²) in [5.41, 5.74) is 0.203. The molecule has 0 spiro atoms. The van der Waals surface area contributed by atoms with E-state index in [0.717, 1.165) is 6.07 Å². The third kappa shape index (κ3) is 2.74. The van der Waals surface area contributed by atoms with Gasteiger partial charge in [0.1, 0.15) is 0 Å². The topological polar surface area (TPSA) is 74.7 Å². The number of aliphatic carboxylic acids is 1. The second-order valence-corrected chi connectivity index (χ2v) is 6.53. The zero-order valence-electron chi connectivity index (χ0n) is 10.4. The first-order chi connectivity index (χ1) is 9.32. The summed E-state index contributed by atoms with van der Waals surface area (Å²) in [7, 11) is -4.66. The highest BCUT2D eigenvalue weighted by Crippen LogP contribution is 2.34. The minimum Gasteiger partial charge on any atom is -0.481 e. The molecule has 2 rings (SSSR count). The molecule has 1 N–H and O–H groups in total. The molecule has 1 aromatic carbocycles. The molecule has 0 aliphatic carbocycles. The predicted octanol–water partition coefficient (Wildman–Crippen LogP) is 1.59. The quantitative estimate of drug-likeness (QED) is 0.894. The van der Waals surface area contributed by atoms with Crippen molar-refractivity contribution in [1.29, 1.82) is 0 Å². The van der Waals surface area contributed by atoms with Gasteiger partial charge in [0.05, 0.1) is 17.0 Å². The normalized spacial score (nSPS) is 16.2. The van der Waals surface area contributed by atoms with Crippen LogP contribution in [0.15, 0.2) is 29.2 Å². The molecule has 20 heavy (non-hydrogen) atoms. The number of benzene rings is 1. The molecule has 5 nitrogen and oxygen atoms in total. The van der Waals surface area contributed by atoms with Crippen molar-refractivity contribution in [2.75, 3.05) is 18.0 Å². The van der Waals surface area contributed by atoms with E-state index in [1.807, 2.05) is 0 Å². The zero-order chi connectivity index (χ0) is 14.9. The van der Waals surface area contributed by atoms with Crippen LogP contribution in [-0.4, -0.2) is 38.3 Å². The van der Waals surface area contributed by atoms with E-state index in [0.29, 0.717) is 13.1 Å². The number of hydrogen-bond donors (Lipinski definition) is 1. The summed E-state index contributed by atoms with van der Waals surface area (Å²) < 4.78 is 48.4. The molecule has 0 unspecified atom stereocenters. The summed E-state index contributed by atoms with van der Waals surface area (Å²) >= 11 is 0. The molecule has 0 radical (unpaired) electrons. The highest BCUT2D eigenvalue weighted by atomic mass is 32.2. The van der Waals surface area contributed by atoms with E-state index in [-0.39, 0.29) is 18.0 Å². The Hall–Kier alpha value is -1.70. The Morgan fingerprint density at radius 3 is 2.50 bits per heavy atom. The molecule has 1 aliphatic heterocycles. The van der Waals surface area contributed by atoms with Crippen LogP contribution in [0.1, 0.15) is 6.42 Å². The van der Waals surface area contributed by atoms with Gasteiger partial charge in [0.15, 0.2) is 0 Å². The second kappa shape index (κ2) is 5.35. The van der Waals surface area contributed by atoms with E-state index in [4.69, 9.17) is 5.11 Å². The van der Waals surface area contributed by atoms with Gasteiger partial charge in [0.2, 0.25) is 9.84 Å². The monoisotopic (exact) mass is 305 g/mol. The molecular weight excluding hydrogens is 292 g/mol. The molecule has 8 heteroatoms. The van der Waals surface area contributed by atoms with Crippen LogP contribution in [-0.2, 0) is 14.6 Å². The smallest absolute Gasteiger partial charge is 0.341 e. The van der Waals surface area contributed by atoms with Gasteiger partial charge in [0.25, 0.3) is 0 Å². The number of anilines is 1. The van der Waals surface area contributed by atoms with E-state index >= 15 is 0 Å². The van der Waals surface area contributed by atoms with Crippen molar-refractivity contribution in [1.82, 2.24) is 0 Å². The number of sulfone groups is 1. The Kier molecular flexibility index (Phi) is 3.94. The van der Waals surface area contributed by atoms with Crippen LogP contribution in [0.25, 0.3) is 0 Å². The molecular formula is C12H13F2NO4S. The molecule has 110 valence electrons. The van der Waals surface area contributed by atoms with E-state index in [1.54, 1.807) is 11.0 Å². The van der Waals surface area contributed by atoms with Crippen molar-refractivity contribution in [3.8, 4) is 0 Å². The minimum atomic E-state index is -4.66. The van der Waals surface area contributed by atoms with Gasteiger partial charge < -0.3 is 10.0 Å². The third-order valence-corrected chi connectivity index (χ3v) is 4.59. The summed E-state index contributed by atoms with van der Waals surface area (Å²) in [5.74, 6) is -4.49. The van der Waals surface area contributed by atoms with Crippen LogP contribution in [0, 0.1) is 5.92 Å². The molecule has 1 aliphatic rings. The SMILES string of the molecule is O=C(O)CC1CN(c2ccccc2S(=O)(=O)C(F)F)C1. The molecule has 1 saturated heterocycles. The molecule has 0 atom stereocenters. The van der Waals surface area contributed by atoms with Crippen LogP contribution in [0.3, 0.4) is 0 Å². The first-order valence-electron chi connectivity index (χ1n) is 5.90. The number of nitrogens with zero attached hydrogens (tertiary/aromatic N) is 1. The zero-order valence-corrected chi connectivity index (χ0v) is 11.2. The maximum Gasteiger partial charge on any atom is 0.341 e. The van der Waals surface area contributed by atoms with Gasteiger partial charge in [-0.05, 0) is 12.1 Å². The van der Waals surface area contributed by atoms with Crippen LogP contribution in [0.2, 0.25) is 0 Å². The summed E-state index contributed by atoms with van der Waals surface area (Å²) in [6.07, 6.45) is -0.0136. The fourth-order valence-corrected chi connectivity index (χ4v) is 3.15. The Bertz CT molecular complexity index is 612. The van der Waals surface area contributed by atoms with Crippen molar-refractivity contribution >= 4 is 21.5 Å². The van der Waals surface area contributed by atoms with Gasteiger partial charge in [-0.1, -0.05) is 12.1 Å². The number of alkyl halides is 2. The molecule has 1 aromatic rings. The van der Waals surface area contributed by atoms with Crippen LogP contribution < -0.4 is 4.90 Å². The average Bonchev–Trinajstić information content (AvgIpc) is 2.33. The van der Waals surface area contributed by atoms with Crippen molar-refractivity contribution in [2.45, 2.75) is 17.1 Å². The molecule has 0 saturated carbocycles. The highest BCUT2D eigenvalue weighted by molar-refractivity contribution is 7.91. The number of rotatable bonds is 5. The Morgan fingerprint density at radius 2 is 1.95 bits per heavy atom. The van der Waals surface area contributed by atoms with Crippen molar-refractivity contribution in [3.63, 3.8) is 0 Å². The summed E-state index contributed by atoms with van der Waals surface area (Å²) in [6, 6.07) is 5.53. The molecule has 0 amide bonds. The number of carbonyl (C=O) groups is 1. The lowest BCUT2D eigenvalue weighted by Gasteiger charge is -2.41.